The van der Waals surface area contributed by atoms with Gasteiger partial charge in [0.2, 0.25) is 0 Å². The molecule has 2 rings (SSSR count). The fourth-order valence-corrected chi connectivity index (χ4v) is 1.72. The highest BCUT2D eigenvalue weighted by molar-refractivity contribution is 5.85. The van der Waals surface area contributed by atoms with Crippen LogP contribution in [0.3, 0.4) is 0 Å². The molecule has 0 bridgehead atoms. The van der Waals surface area contributed by atoms with Gasteiger partial charge in [-0.15, -0.1) is 12.4 Å². The molecule has 1 atom stereocenters. The number of hydrogen-bond donors (Lipinski definition) is 1. The second kappa shape index (κ2) is 5.17. The molecule has 0 radical (unpaired) electrons. The number of pyridine rings is 1. The van der Waals surface area contributed by atoms with Gasteiger partial charge >= 0.3 is 0 Å². The van der Waals surface area contributed by atoms with E-state index in [2.05, 4.69) is 28.3 Å². The zero-order chi connectivity index (χ0) is 9.10. The number of halogens is 1. The summed E-state index contributed by atoms with van der Waals surface area (Å²) in [7, 11) is 2.11. The number of aromatic nitrogens is 1. The highest BCUT2D eigenvalue weighted by atomic mass is 35.5. The molecule has 1 N–H and O–H groups in total. The highest BCUT2D eigenvalue weighted by Gasteiger charge is 2.19. The average molecular weight is 214 g/mol. The first-order chi connectivity index (χ1) is 6.38. The Kier molecular flexibility index (Phi) is 4.17. The summed E-state index contributed by atoms with van der Waals surface area (Å²) in [5.41, 5.74) is 0. The van der Waals surface area contributed by atoms with E-state index in [1.807, 2.05) is 18.3 Å². The molecule has 0 saturated carbocycles. The number of nitrogens with one attached hydrogen (secondary N) is 1. The minimum atomic E-state index is 0. The van der Waals surface area contributed by atoms with Crippen LogP contribution in [0.1, 0.15) is 6.42 Å². The van der Waals surface area contributed by atoms with Crippen LogP contribution in [0.25, 0.3) is 0 Å². The van der Waals surface area contributed by atoms with E-state index in [0.29, 0.717) is 6.04 Å². The maximum absolute atomic E-state index is 4.32. The van der Waals surface area contributed by atoms with Crippen molar-refractivity contribution in [1.29, 1.82) is 0 Å². The topological polar surface area (TPSA) is 28.2 Å². The standard InChI is InChI=1S/C10H15N3.ClH/c1-13(9-5-7-11-8-9)10-4-2-3-6-12-10;/h2-4,6,9,11H,5,7-8H2,1H3;1H/t9-;/m0./s1. The van der Waals surface area contributed by atoms with E-state index in [9.17, 15) is 0 Å². The normalized spacial score (nSPS) is 20.2. The molecule has 1 aromatic heterocycles. The molecule has 0 spiro atoms. The Morgan fingerprint density at radius 2 is 2.36 bits per heavy atom. The largest absolute Gasteiger partial charge is 0.355 e. The molecule has 3 nitrogen and oxygen atoms in total. The van der Waals surface area contributed by atoms with Crippen molar-refractivity contribution in [2.45, 2.75) is 12.5 Å². The maximum atomic E-state index is 4.32. The third kappa shape index (κ3) is 2.36. The van der Waals surface area contributed by atoms with E-state index in [1.54, 1.807) is 0 Å². The Labute approximate surface area is 90.9 Å². The van der Waals surface area contributed by atoms with Crippen molar-refractivity contribution in [3.05, 3.63) is 24.4 Å². The Morgan fingerprint density at radius 3 is 2.93 bits per heavy atom. The SMILES string of the molecule is CN(c1ccccn1)[C@H]1CCNC1.Cl. The van der Waals surface area contributed by atoms with Crippen LogP contribution in [-0.2, 0) is 0 Å². The maximum Gasteiger partial charge on any atom is 0.128 e. The molecule has 1 aliphatic rings. The van der Waals surface area contributed by atoms with Crippen molar-refractivity contribution in [2.75, 3.05) is 25.0 Å². The molecule has 1 aliphatic heterocycles. The Balaban J connectivity index is 0.000000980. The van der Waals surface area contributed by atoms with Gasteiger partial charge in [-0.05, 0) is 25.1 Å². The summed E-state index contributed by atoms with van der Waals surface area (Å²) in [4.78, 5) is 6.57. The van der Waals surface area contributed by atoms with Gasteiger partial charge in [-0.25, -0.2) is 4.98 Å². The van der Waals surface area contributed by atoms with Gasteiger partial charge in [0.05, 0.1) is 0 Å². The lowest BCUT2D eigenvalue weighted by Crippen LogP contribution is -2.33. The minimum Gasteiger partial charge on any atom is -0.355 e. The molecular weight excluding hydrogens is 198 g/mol. The van der Waals surface area contributed by atoms with Gasteiger partial charge in [-0.3, -0.25) is 0 Å². The first kappa shape index (κ1) is 11.3. The van der Waals surface area contributed by atoms with Gasteiger partial charge in [-0.2, -0.15) is 0 Å². The van der Waals surface area contributed by atoms with Gasteiger partial charge in [-0.1, -0.05) is 6.07 Å². The van der Waals surface area contributed by atoms with Crippen molar-refractivity contribution in [3.63, 3.8) is 0 Å². The molecule has 1 aromatic rings. The zero-order valence-electron chi connectivity index (χ0n) is 8.31. The van der Waals surface area contributed by atoms with E-state index in [1.165, 1.54) is 6.42 Å². The summed E-state index contributed by atoms with van der Waals surface area (Å²) in [6, 6.07) is 6.64. The molecule has 14 heavy (non-hydrogen) atoms. The molecule has 0 unspecified atom stereocenters. The van der Waals surface area contributed by atoms with Crippen LogP contribution >= 0.6 is 12.4 Å². The zero-order valence-corrected chi connectivity index (χ0v) is 9.13. The first-order valence-electron chi connectivity index (χ1n) is 4.72. The number of anilines is 1. The van der Waals surface area contributed by atoms with Crippen LogP contribution in [0.5, 0.6) is 0 Å². The summed E-state index contributed by atoms with van der Waals surface area (Å²) in [6.45, 7) is 2.20. The first-order valence-corrected chi connectivity index (χ1v) is 4.72. The highest BCUT2D eigenvalue weighted by Crippen LogP contribution is 2.14. The lowest BCUT2D eigenvalue weighted by molar-refractivity contribution is 0.678. The molecule has 1 fully saturated rings. The minimum absolute atomic E-state index is 0. The van der Waals surface area contributed by atoms with Crippen molar-refractivity contribution in [3.8, 4) is 0 Å². The molecule has 4 heteroatoms. The van der Waals surface area contributed by atoms with Gasteiger partial charge < -0.3 is 10.2 Å². The van der Waals surface area contributed by atoms with Gasteiger partial charge in [0.15, 0.2) is 0 Å². The van der Waals surface area contributed by atoms with Crippen molar-refractivity contribution in [1.82, 2.24) is 10.3 Å². The number of rotatable bonds is 2. The predicted octanol–water partition coefficient (Wildman–Crippen LogP) is 1.30. The molecule has 78 valence electrons. The second-order valence-electron chi connectivity index (χ2n) is 3.45. The monoisotopic (exact) mass is 213 g/mol. The molecule has 1 saturated heterocycles. The summed E-state index contributed by atoms with van der Waals surface area (Å²) in [5, 5.41) is 3.35. The van der Waals surface area contributed by atoms with Crippen LogP contribution in [0.2, 0.25) is 0 Å². The van der Waals surface area contributed by atoms with Crippen LogP contribution in [0.4, 0.5) is 5.82 Å². The predicted molar refractivity (Wildman–Crippen MR) is 61.2 cm³/mol. The fourth-order valence-electron chi connectivity index (χ4n) is 1.72. The van der Waals surface area contributed by atoms with Crippen molar-refractivity contribution < 1.29 is 0 Å². The molecular formula is C10H16ClN3. The van der Waals surface area contributed by atoms with Gasteiger partial charge in [0.25, 0.3) is 0 Å². The number of nitrogens with zero attached hydrogens (tertiary/aromatic N) is 2. The summed E-state index contributed by atoms with van der Waals surface area (Å²) < 4.78 is 0. The molecule has 0 aromatic carbocycles. The lowest BCUT2D eigenvalue weighted by Gasteiger charge is -2.24. The third-order valence-electron chi connectivity index (χ3n) is 2.59. The lowest BCUT2D eigenvalue weighted by atomic mass is 10.2. The van der Waals surface area contributed by atoms with Crippen molar-refractivity contribution in [2.24, 2.45) is 0 Å². The van der Waals surface area contributed by atoms with E-state index < -0.39 is 0 Å². The Morgan fingerprint density at radius 1 is 1.50 bits per heavy atom. The molecule has 0 aliphatic carbocycles. The van der Waals surface area contributed by atoms with Crippen molar-refractivity contribution >= 4 is 18.2 Å². The second-order valence-corrected chi connectivity index (χ2v) is 3.45. The summed E-state index contributed by atoms with van der Waals surface area (Å²) in [5.74, 6) is 1.07. The Hall–Kier alpha value is -0.800. The average Bonchev–Trinajstić information content (AvgIpc) is 2.71. The van der Waals surface area contributed by atoms with Gasteiger partial charge in [0, 0.05) is 25.8 Å². The summed E-state index contributed by atoms with van der Waals surface area (Å²) in [6.07, 6.45) is 3.06. The smallest absolute Gasteiger partial charge is 0.128 e. The van der Waals surface area contributed by atoms with E-state index in [-0.39, 0.29) is 12.4 Å². The van der Waals surface area contributed by atoms with Crippen LogP contribution in [0.15, 0.2) is 24.4 Å². The molecule has 2 heterocycles. The fraction of sp³-hybridized carbons (Fsp3) is 0.500. The quantitative estimate of drug-likeness (QED) is 0.803. The third-order valence-corrected chi connectivity index (χ3v) is 2.59. The molecule has 0 amide bonds. The number of likely N-dealkylation sites (N-methyl/N-ethyl adjacent to an activating group) is 1. The van der Waals surface area contributed by atoms with E-state index >= 15 is 0 Å². The number of hydrogen-bond acceptors (Lipinski definition) is 3. The van der Waals surface area contributed by atoms with Crippen LogP contribution < -0.4 is 10.2 Å². The van der Waals surface area contributed by atoms with Gasteiger partial charge in [0.1, 0.15) is 5.82 Å². The Bertz CT molecular complexity index is 259. The van der Waals surface area contributed by atoms with Crippen LogP contribution in [-0.4, -0.2) is 31.2 Å². The van der Waals surface area contributed by atoms with E-state index in [0.717, 1.165) is 18.9 Å². The van der Waals surface area contributed by atoms with Crippen LogP contribution in [0, 0.1) is 0 Å². The van der Waals surface area contributed by atoms with E-state index in [4.69, 9.17) is 0 Å². The summed E-state index contributed by atoms with van der Waals surface area (Å²) >= 11 is 0.